The van der Waals surface area contributed by atoms with Crippen molar-refractivity contribution < 1.29 is 19.4 Å². The van der Waals surface area contributed by atoms with Crippen LogP contribution in [-0.2, 0) is 14.3 Å². The van der Waals surface area contributed by atoms with E-state index in [1.54, 1.807) is 0 Å². The second-order valence-corrected chi connectivity index (χ2v) is 5.64. The number of halogens is 1. The molecule has 0 saturated carbocycles. The van der Waals surface area contributed by atoms with Crippen LogP contribution in [0.3, 0.4) is 0 Å². The number of benzene rings is 1. The SMILES string of the molecule is O=C(O)CNC(=O)CN1CCOC(c2ccccc2Br)C1. The van der Waals surface area contributed by atoms with E-state index in [1.165, 1.54) is 0 Å². The number of amides is 1. The summed E-state index contributed by atoms with van der Waals surface area (Å²) in [5.41, 5.74) is 1.05. The minimum Gasteiger partial charge on any atom is -0.480 e. The summed E-state index contributed by atoms with van der Waals surface area (Å²) >= 11 is 3.50. The van der Waals surface area contributed by atoms with Crippen molar-refractivity contribution in [1.82, 2.24) is 10.2 Å². The van der Waals surface area contributed by atoms with Crippen LogP contribution in [0.25, 0.3) is 0 Å². The molecule has 114 valence electrons. The number of carbonyl (C=O) groups excluding carboxylic acids is 1. The first-order valence-corrected chi connectivity index (χ1v) is 7.42. The van der Waals surface area contributed by atoms with Gasteiger partial charge in [-0.15, -0.1) is 0 Å². The lowest BCUT2D eigenvalue weighted by atomic mass is 10.1. The van der Waals surface area contributed by atoms with Crippen LogP contribution < -0.4 is 5.32 Å². The van der Waals surface area contributed by atoms with Gasteiger partial charge in [-0.2, -0.15) is 0 Å². The highest BCUT2D eigenvalue weighted by Gasteiger charge is 2.24. The number of aliphatic carboxylic acids is 1. The van der Waals surface area contributed by atoms with Crippen LogP contribution in [-0.4, -0.2) is 54.7 Å². The van der Waals surface area contributed by atoms with E-state index in [2.05, 4.69) is 21.2 Å². The van der Waals surface area contributed by atoms with Gasteiger partial charge in [0.1, 0.15) is 6.54 Å². The van der Waals surface area contributed by atoms with Crippen LogP contribution in [0.2, 0.25) is 0 Å². The molecule has 21 heavy (non-hydrogen) atoms. The first-order chi connectivity index (χ1) is 10.1. The van der Waals surface area contributed by atoms with E-state index in [-0.39, 0.29) is 25.1 Å². The second-order valence-electron chi connectivity index (χ2n) is 4.79. The third-order valence-corrected chi connectivity index (χ3v) is 3.93. The molecule has 1 aliphatic rings. The Hall–Kier alpha value is -1.44. The highest BCUT2D eigenvalue weighted by atomic mass is 79.9. The normalized spacial score (nSPS) is 19.2. The lowest BCUT2D eigenvalue weighted by molar-refractivity contribution is -0.138. The number of nitrogens with one attached hydrogen (secondary N) is 1. The minimum atomic E-state index is -1.04. The molecule has 1 heterocycles. The Labute approximate surface area is 131 Å². The maximum atomic E-state index is 11.7. The van der Waals surface area contributed by atoms with Crippen molar-refractivity contribution in [2.24, 2.45) is 0 Å². The summed E-state index contributed by atoms with van der Waals surface area (Å²) in [5.74, 6) is -1.33. The van der Waals surface area contributed by atoms with Gasteiger partial charge >= 0.3 is 5.97 Å². The first-order valence-electron chi connectivity index (χ1n) is 6.63. The third kappa shape index (κ3) is 4.80. The molecule has 1 aromatic carbocycles. The third-order valence-electron chi connectivity index (χ3n) is 3.21. The molecule has 1 unspecified atom stereocenters. The number of carbonyl (C=O) groups is 2. The molecule has 2 N–H and O–H groups in total. The first kappa shape index (κ1) is 15.9. The average molecular weight is 357 g/mol. The van der Waals surface area contributed by atoms with Gasteiger partial charge in [0.15, 0.2) is 0 Å². The monoisotopic (exact) mass is 356 g/mol. The molecule has 0 aromatic heterocycles. The average Bonchev–Trinajstić information content (AvgIpc) is 2.46. The molecular weight excluding hydrogens is 340 g/mol. The number of ether oxygens (including phenoxy) is 1. The molecule has 7 heteroatoms. The van der Waals surface area contributed by atoms with Crippen LogP contribution in [0.4, 0.5) is 0 Å². The van der Waals surface area contributed by atoms with Crippen LogP contribution in [0.15, 0.2) is 28.7 Å². The Balaban J connectivity index is 1.90. The molecule has 1 aliphatic heterocycles. The van der Waals surface area contributed by atoms with E-state index in [9.17, 15) is 9.59 Å². The van der Waals surface area contributed by atoms with E-state index in [4.69, 9.17) is 9.84 Å². The number of hydrogen-bond acceptors (Lipinski definition) is 4. The summed E-state index contributed by atoms with van der Waals surface area (Å²) in [6.07, 6.45) is -0.0957. The Morgan fingerprint density at radius 1 is 1.43 bits per heavy atom. The highest BCUT2D eigenvalue weighted by molar-refractivity contribution is 9.10. The van der Waals surface area contributed by atoms with Gasteiger partial charge in [0.2, 0.25) is 5.91 Å². The maximum absolute atomic E-state index is 11.7. The minimum absolute atomic E-state index is 0.0957. The van der Waals surface area contributed by atoms with Crippen molar-refractivity contribution in [3.8, 4) is 0 Å². The molecule has 0 bridgehead atoms. The number of hydrogen-bond donors (Lipinski definition) is 2. The van der Waals surface area contributed by atoms with Crippen molar-refractivity contribution >= 4 is 27.8 Å². The number of morpholine rings is 1. The van der Waals surface area contributed by atoms with Gasteiger partial charge in [-0.3, -0.25) is 14.5 Å². The van der Waals surface area contributed by atoms with Gasteiger partial charge in [-0.1, -0.05) is 34.1 Å². The quantitative estimate of drug-likeness (QED) is 0.823. The van der Waals surface area contributed by atoms with Crippen LogP contribution >= 0.6 is 15.9 Å². The molecule has 6 nitrogen and oxygen atoms in total. The Morgan fingerprint density at radius 2 is 2.19 bits per heavy atom. The summed E-state index contributed by atoms with van der Waals surface area (Å²) in [7, 11) is 0. The molecule has 0 aliphatic carbocycles. The summed E-state index contributed by atoms with van der Waals surface area (Å²) in [6.45, 7) is 1.62. The second kappa shape index (κ2) is 7.53. The number of carboxylic acids is 1. The van der Waals surface area contributed by atoms with Crippen molar-refractivity contribution in [3.05, 3.63) is 34.3 Å². The fourth-order valence-electron chi connectivity index (χ4n) is 2.20. The van der Waals surface area contributed by atoms with Gasteiger partial charge in [-0.25, -0.2) is 0 Å². The summed E-state index contributed by atoms with van der Waals surface area (Å²) in [6, 6.07) is 7.83. The molecule has 1 saturated heterocycles. The number of nitrogens with zero attached hydrogens (tertiary/aromatic N) is 1. The largest absolute Gasteiger partial charge is 0.480 e. The Kier molecular flexibility index (Phi) is 5.72. The van der Waals surface area contributed by atoms with Gasteiger partial charge in [-0.05, 0) is 11.6 Å². The molecule has 1 amide bonds. The predicted octanol–water partition coefficient (Wildman–Crippen LogP) is 1.02. The van der Waals surface area contributed by atoms with E-state index < -0.39 is 5.97 Å². The fourth-order valence-corrected chi connectivity index (χ4v) is 2.74. The zero-order valence-electron chi connectivity index (χ0n) is 11.4. The molecule has 0 spiro atoms. The van der Waals surface area contributed by atoms with E-state index >= 15 is 0 Å². The molecule has 0 radical (unpaired) electrons. The highest BCUT2D eigenvalue weighted by Crippen LogP contribution is 2.28. The molecule has 1 fully saturated rings. The van der Waals surface area contributed by atoms with E-state index in [1.807, 2.05) is 29.2 Å². The number of carboxylic acid groups (broad SMARTS) is 1. The van der Waals surface area contributed by atoms with E-state index in [0.29, 0.717) is 19.7 Å². The zero-order chi connectivity index (χ0) is 15.2. The maximum Gasteiger partial charge on any atom is 0.322 e. The molecule has 1 atom stereocenters. The molecule has 2 rings (SSSR count). The zero-order valence-corrected chi connectivity index (χ0v) is 13.0. The Morgan fingerprint density at radius 3 is 2.90 bits per heavy atom. The van der Waals surface area contributed by atoms with Crippen LogP contribution in [0.5, 0.6) is 0 Å². The smallest absolute Gasteiger partial charge is 0.322 e. The lowest BCUT2D eigenvalue weighted by Gasteiger charge is -2.33. The van der Waals surface area contributed by atoms with Crippen LogP contribution in [0.1, 0.15) is 11.7 Å². The van der Waals surface area contributed by atoms with Crippen molar-refractivity contribution in [3.63, 3.8) is 0 Å². The fraction of sp³-hybridized carbons (Fsp3) is 0.429. The van der Waals surface area contributed by atoms with Gasteiger partial charge in [0.05, 0.1) is 19.3 Å². The van der Waals surface area contributed by atoms with E-state index in [0.717, 1.165) is 10.0 Å². The van der Waals surface area contributed by atoms with Crippen molar-refractivity contribution in [2.45, 2.75) is 6.10 Å². The van der Waals surface area contributed by atoms with Gasteiger partial charge in [0, 0.05) is 17.6 Å². The number of rotatable bonds is 5. The van der Waals surface area contributed by atoms with Crippen molar-refractivity contribution in [1.29, 1.82) is 0 Å². The van der Waals surface area contributed by atoms with Gasteiger partial charge < -0.3 is 15.2 Å². The lowest BCUT2D eigenvalue weighted by Crippen LogP contribution is -2.45. The topological polar surface area (TPSA) is 78.9 Å². The standard InChI is InChI=1S/C14H17BrN2O4/c15-11-4-2-1-3-10(11)12-8-17(5-6-21-12)9-13(18)16-7-14(19)20/h1-4,12H,5-9H2,(H,16,18)(H,19,20). The molecular formula is C14H17BrN2O4. The van der Waals surface area contributed by atoms with Crippen LogP contribution in [0, 0.1) is 0 Å². The molecule has 1 aromatic rings. The predicted molar refractivity (Wildman–Crippen MR) is 79.9 cm³/mol. The summed E-state index contributed by atoms with van der Waals surface area (Å²) in [5, 5.41) is 10.9. The Bertz CT molecular complexity index is 523. The summed E-state index contributed by atoms with van der Waals surface area (Å²) < 4.78 is 6.74. The van der Waals surface area contributed by atoms with Gasteiger partial charge in [0.25, 0.3) is 0 Å². The summed E-state index contributed by atoms with van der Waals surface area (Å²) in [4.78, 5) is 24.0. The van der Waals surface area contributed by atoms with Crippen molar-refractivity contribution in [2.75, 3.05) is 32.8 Å².